The maximum absolute atomic E-state index is 10.9. The molecule has 3 nitrogen and oxygen atoms in total. The maximum Gasteiger partial charge on any atom is 0.206 e. The molecule has 0 amide bonds. The zero-order valence-corrected chi connectivity index (χ0v) is 6.79. The monoisotopic (exact) mass is 156 g/mol. The van der Waals surface area contributed by atoms with Gasteiger partial charge in [0.05, 0.1) is 12.2 Å². The molecule has 1 atom stereocenters. The average molecular weight is 156 g/mol. The van der Waals surface area contributed by atoms with Crippen LogP contribution in [0.4, 0.5) is 0 Å². The molecule has 0 fully saturated rings. The molecule has 0 saturated carbocycles. The molecule has 1 aliphatic heterocycles. The first-order chi connectivity index (χ1) is 5.22. The van der Waals surface area contributed by atoms with Gasteiger partial charge in [0, 0.05) is 12.7 Å². The van der Waals surface area contributed by atoms with E-state index >= 15 is 0 Å². The van der Waals surface area contributed by atoms with Crippen molar-refractivity contribution in [1.82, 2.24) is 0 Å². The second kappa shape index (κ2) is 3.53. The second-order valence-corrected chi connectivity index (χ2v) is 2.43. The molecule has 0 spiro atoms. The Morgan fingerprint density at radius 1 is 1.82 bits per heavy atom. The van der Waals surface area contributed by atoms with Gasteiger partial charge in [0.2, 0.25) is 6.29 Å². The van der Waals surface area contributed by atoms with Gasteiger partial charge in [-0.15, -0.1) is 0 Å². The van der Waals surface area contributed by atoms with Gasteiger partial charge in [0.15, 0.2) is 5.78 Å². The van der Waals surface area contributed by atoms with Crippen LogP contribution in [0.2, 0.25) is 0 Å². The molecule has 0 bridgehead atoms. The minimum atomic E-state index is -0.363. The fourth-order valence-corrected chi connectivity index (χ4v) is 1.01. The number of carbonyl (C=O) groups is 1. The Morgan fingerprint density at radius 3 is 3.09 bits per heavy atom. The smallest absolute Gasteiger partial charge is 0.206 e. The Hall–Kier alpha value is -0.830. The van der Waals surface area contributed by atoms with E-state index in [2.05, 4.69) is 0 Å². The summed E-state index contributed by atoms with van der Waals surface area (Å²) in [5.74, 6) is 0.715. The zero-order valence-electron chi connectivity index (χ0n) is 6.79. The van der Waals surface area contributed by atoms with Crippen LogP contribution in [-0.2, 0) is 14.3 Å². The number of hydrogen-bond acceptors (Lipinski definition) is 3. The Kier molecular flexibility index (Phi) is 2.65. The first-order valence-electron chi connectivity index (χ1n) is 3.71. The van der Waals surface area contributed by atoms with E-state index < -0.39 is 0 Å². The molecule has 11 heavy (non-hydrogen) atoms. The second-order valence-electron chi connectivity index (χ2n) is 2.43. The van der Waals surface area contributed by atoms with Gasteiger partial charge in [-0.25, -0.2) is 0 Å². The molecule has 0 N–H and O–H groups in total. The minimum Gasteiger partial charge on any atom is -0.469 e. The minimum absolute atomic E-state index is 0.0761. The molecule has 1 heterocycles. The van der Waals surface area contributed by atoms with Gasteiger partial charge >= 0.3 is 0 Å². The van der Waals surface area contributed by atoms with Crippen molar-refractivity contribution in [2.75, 3.05) is 6.61 Å². The molecular formula is C8H12O3. The Labute approximate surface area is 66.0 Å². The summed E-state index contributed by atoms with van der Waals surface area (Å²) >= 11 is 0. The molecule has 1 aliphatic rings. The average Bonchev–Trinajstić information content (AvgIpc) is 1.85. The summed E-state index contributed by atoms with van der Waals surface area (Å²) in [5, 5.41) is 0. The van der Waals surface area contributed by atoms with Crippen LogP contribution in [0.15, 0.2) is 11.8 Å². The van der Waals surface area contributed by atoms with E-state index in [1.165, 1.54) is 6.08 Å². The van der Waals surface area contributed by atoms with Crippen molar-refractivity contribution in [3.8, 4) is 0 Å². The highest BCUT2D eigenvalue weighted by Crippen LogP contribution is 2.14. The predicted octanol–water partition coefficient (Wildman–Crippen LogP) is 1.24. The van der Waals surface area contributed by atoms with E-state index in [1.807, 2.05) is 6.92 Å². The van der Waals surface area contributed by atoms with E-state index in [0.29, 0.717) is 18.8 Å². The van der Waals surface area contributed by atoms with Crippen LogP contribution in [0.1, 0.15) is 20.3 Å². The summed E-state index contributed by atoms with van der Waals surface area (Å²) in [5.41, 5.74) is 0. The highest BCUT2D eigenvalue weighted by atomic mass is 16.7. The van der Waals surface area contributed by atoms with Gasteiger partial charge in [0.25, 0.3) is 0 Å². The summed E-state index contributed by atoms with van der Waals surface area (Å²) in [6, 6.07) is 0. The molecular weight excluding hydrogens is 144 g/mol. The summed E-state index contributed by atoms with van der Waals surface area (Å²) in [6.07, 6.45) is 1.47. The van der Waals surface area contributed by atoms with E-state index in [-0.39, 0.29) is 12.1 Å². The highest BCUT2D eigenvalue weighted by Gasteiger charge is 2.19. The van der Waals surface area contributed by atoms with Crippen LogP contribution in [0.3, 0.4) is 0 Å². The number of rotatable bonds is 2. The van der Waals surface area contributed by atoms with Gasteiger partial charge < -0.3 is 9.47 Å². The van der Waals surface area contributed by atoms with Gasteiger partial charge in [-0.05, 0) is 13.8 Å². The van der Waals surface area contributed by atoms with Crippen molar-refractivity contribution in [2.24, 2.45) is 0 Å². The number of hydrogen-bond donors (Lipinski definition) is 0. The summed E-state index contributed by atoms with van der Waals surface area (Å²) in [7, 11) is 0. The maximum atomic E-state index is 10.9. The lowest BCUT2D eigenvalue weighted by Crippen LogP contribution is -2.23. The third-order valence-electron chi connectivity index (χ3n) is 1.40. The van der Waals surface area contributed by atoms with Crippen molar-refractivity contribution >= 4 is 5.78 Å². The van der Waals surface area contributed by atoms with Crippen LogP contribution >= 0.6 is 0 Å². The largest absolute Gasteiger partial charge is 0.469 e. The lowest BCUT2D eigenvalue weighted by atomic mass is 10.2. The van der Waals surface area contributed by atoms with Gasteiger partial charge in [0.1, 0.15) is 0 Å². The van der Waals surface area contributed by atoms with E-state index in [9.17, 15) is 4.79 Å². The quantitative estimate of drug-likeness (QED) is 0.603. The normalized spacial score (nSPS) is 24.4. The highest BCUT2D eigenvalue weighted by molar-refractivity contribution is 5.90. The SMILES string of the molecule is CCOC1CC(=O)C=C(C)O1. The van der Waals surface area contributed by atoms with Crippen molar-refractivity contribution in [1.29, 1.82) is 0 Å². The molecule has 3 heteroatoms. The topological polar surface area (TPSA) is 35.5 Å². The van der Waals surface area contributed by atoms with Crippen LogP contribution in [0.25, 0.3) is 0 Å². The Balaban J connectivity index is 2.50. The first-order valence-corrected chi connectivity index (χ1v) is 3.71. The summed E-state index contributed by atoms with van der Waals surface area (Å²) in [6.45, 7) is 4.20. The molecule has 0 radical (unpaired) electrons. The van der Waals surface area contributed by atoms with Crippen molar-refractivity contribution in [3.63, 3.8) is 0 Å². The molecule has 0 saturated heterocycles. The van der Waals surface area contributed by atoms with Crippen molar-refractivity contribution < 1.29 is 14.3 Å². The Bertz CT molecular complexity index is 184. The summed E-state index contributed by atoms with van der Waals surface area (Å²) < 4.78 is 10.4. The predicted molar refractivity (Wildman–Crippen MR) is 39.9 cm³/mol. The lowest BCUT2D eigenvalue weighted by Gasteiger charge is -2.21. The lowest BCUT2D eigenvalue weighted by molar-refractivity contribution is -0.143. The van der Waals surface area contributed by atoms with Crippen molar-refractivity contribution in [2.45, 2.75) is 26.6 Å². The van der Waals surface area contributed by atoms with E-state index in [1.54, 1.807) is 6.92 Å². The van der Waals surface area contributed by atoms with Crippen LogP contribution in [0, 0.1) is 0 Å². The molecule has 0 aromatic rings. The first kappa shape index (κ1) is 8.27. The molecule has 0 aromatic carbocycles. The molecule has 0 aliphatic carbocycles. The third kappa shape index (κ3) is 2.35. The summed E-state index contributed by atoms with van der Waals surface area (Å²) in [4.78, 5) is 10.9. The van der Waals surface area contributed by atoms with Gasteiger partial charge in [-0.1, -0.05) is 0 Å². The van der Waals surface area contributed by atoms with Crippen LogP contribution < -0.4 is 0 Å². The van der Waals surface area contributed by atoms with Crippen LogP contribution in [0.5, 0.6) is 0 Å². The molecule has 1 rings (SSSR count). The fraction of sp³-hybridized carbons (Fsp3) is 0.625. The third-order valence-corrected chi connectivity index (χ3v) is 1.40. The number of ketones is 1. The van der Waals surface area contributed by atoms with Gasteiger partial charge in [-0.2, -0.15) is 0 Å². The molecule has 0 aromatic heterocycles. The number of carbonyl (C=O) groups excluding carboxylic acids is 1. The fourth-order valence-electron chi connectivity index (χ4n) is 1.01. The number of allylic oxidation sites excluding steroid dienone is 2. The van der Waals surface area contributed by atoms with E-state index in [4.69, 9.17) is 9.47 Å². The van der Waals surface area contributed by atoms with E-state index in [0.717, 1.165) is 0 Å². The van der Waals surface area contributed by atoms with Crippen molar-refractivity contribution in [3.05, 3.63) is 11.8 Å². The van der Waals surface area contributed by atoms with Gasteiger partial charge in [-0.3, -0.25) is 4.79 Å². The molecule has 62 valence electrons. The zero-order chi connectivity index (χ0) is 8.27. The standard InChI is InChI=1S/C8H12O3/c1-3-10-8-5-7(9)4-6(2)11-8/h4,8H,3,5H2,1-2H3. The molecule has 1 unspecified atom stereocenters. The Morgan fingerprint density at radius 2 is 2.55 bits per heavy atom. The number of ether oxygens (including phenoxy) is 2. The van der Waals surface area contributed by atoms with Crippen LogP contribution in [-0.4, -0.2) is 18.7 Å².